The van der Waals surface area contributed by atoms with Crippen molar-refractivity contribution in [2.75, 3.05) is 49.5 Å². The normalized spacial score (nSPS) is 20.4. The van der Waals surface area contributed by atoms with Crippen LogP contribution < -0.4 is 15.5 Å². The van der Waals surface area contributed by atoms with Crippen LogP contribution in [0.25, 0.3) is 0 Å². The van der Waals surface area contributed by atoms with Crippen LogP contribution >= 0.6 is 0 Å². The Bertz CT molecular complexity index is 951. The van der Waals surface area contributed by atoms with E-state index in [2.05, 4.69) is 58.5 Å². The van der Waals surface area contributed by atoms with Gasteiger partial charge in [-0.25, -0.2) is 0 Å². The van der Waals surface area contributed by atoms with Crippen LogP contribution in [0.5, 0.6) is 0 Å². The molecule has 2 amide bonds. The third-order valence-electron chi connectivity index (χ3n) is 6.79. The van der Waals surface area contributed by atoms with Gasteiger partial charge < -0.3 is 15.5 Å². The quantitative estimate of drug-likeness (QED) is 0.571. The second kappa shape index (κ2) is 10.8. The highest BCUT2D eigenvalue weighted by Crippen LogP contribution is 2.38. The van der Waals surface area contributed by atoms with E-state index in [4.69, 9.17) is 0 Å². The van der Waals surface area contributed by atoms with Crippen LogP contribution in [-0.4, -0.2) is 56.0 Å². The lowest BCUT2D eigenvalue weighted by atomic mass is 10.1. The van der Waals surface area contributed by atoms with Gasteiger partial charge >= 0.3 is 0 Å². The van der Waals surface area contributed by atoms with Crippen molar-refractivity contribution < 1.29 is 9.59 Å². The second-order valence-corrected chi connectivity index (χ2v) is 9.52. The fraction of sp³-hybridized carbons (Fsp3) is 0.481. The summed E-state index contributed by atoms with van der Waals surface area (Å²) in [5, 5.41) is 5.94. The molecule has 33 heavy (non-hydrogen) atoms. The highest BCUT2D eigenvalue weighted by Gasteiger charge is 2.39. The summed E-state index contributed by atoms with van der Waals surface area (Å²) in [6.45, 7) is 10.3. The van der Waals surface area contributed by atoms with Gasteiger partial charge in [-0.05, 0) is 80.6 Å². The molecule has 2 atom stereocenters. The molecule has 2 N–H and O–H groups in total. The molecule has 0 spiro atoms. The number of carbonyl (C=O) groups is 2. The standard InChI is InChI=1S/C27H36N4O2/c1-20-6-5-7-24(18-20)31-16-14-30(15-17-31)13-4-3-12-28-26(32)22-8-10-23(11-9-22)29-27(33)25-19-21(25)2/h5-11,18,21,25H,3-4,12-17,19H2,1-2H3,(H,28,32)(H,29,33). The van der Waals surface area contributed by atoms with Crippen LogP contribution in [0.15, 0.2) is 48.5 Å². The van der Waals surface area contributed by atoms with Gasteiger partial charge in [-0.3, -0.25) is 14.5 Å². The Balaban J connectivity index is 1.09. The Morgan fingerprint density at radius 2 is 1.73 bits per heavy atom. The van der Waals surface area contributed by atoms with Gasteiger partial charge in [0.25, 0.3) is 5.91 Å². The van der Waals surface area contributed by atoms with Gasteiger partial charge in [-0.15, -0.1) is 0 Å². The Labute approximate surface area is 197 Å². The molecule has 0 radical (unpaired) electrons. The number of benzene rings is 2. The molecular weight excluding hydrogens is 412 g/mol. The lowest BCUT2D eigenvalue weighted by Gasteiger charge is -2.36. The van der Waals surface area contributed by atoms with Crippen molar-refractivity contribution in [2.45, 2.75) is 33.1 Å². The number of hydrogen-bond acceptors (Lipinski definition) is 4. The number of aryl methyl sites for hydroxylation is 1. The molecule has 2 aromatic rings. The van der Waals surface area contributed by atoms with E-state index in [1.807, 2.05) is 0 Å². The maximum absolute atomic E-state index is 12.4. The van der Waals surface area contributed by atoms with E-state index in [9.17, 15) is 9.59 Å². The Morgan fingerprint density at radius 1 is 1.00 bits per heavy atom. The summed E-state index contributed by atoms with van der Waals surface area (Å²) in [5.74, 6) is 0.648. The van der Waals surface area contributed by atoms with Crippen LogP contribution in [0.2, 0.25) is 0 Å². The minimum absolute atomic E-state index is 0.0598. The highest BCUT2D eigenvalue weighted by atomic mass is 16.2. The number of amides is 2. The highest BCUT2D eigenvalue weighted by molar-refractivity contribution is 5.96. The molecule has 1 saturated heterocycles. The molecule has 2 unspecified atom stereocenters. The average molecular weight is 449 g/mol. The van der Waals surface area contributed by atoms with Crippen molar-refractivity contribution in [1.82, 2.24) is 10.2 Å². The van der Waals surface area contributed by atoms with Crippen molar-refractivity contribution in [3.05, 3.63) is 59.7 Å². The first-order valence-electron chi connectivity index (χ1n) is 12.2. The zero-order valence-electron chi connectivity index (χ0n) is 19.8. The Hall–Kier alpha value is -2.86. The molecule has 6 heteroatoms. The van der Waals surface area contributed by atoms with Gasteiger partial charge in [-0.2, -0.15) is 0 Å². The van der Waals surface area contributed by atoms with E-state index in [0.717, 1.165) is 57.7 Å². The summed E-state index contributed by atoms with van der Waals surface area (Å²) >= 11 is 0. The zero-order valence-corrected chi connectivity index (χ0v) is 19.8. The van der Waals surface area contributed by atoms with Crippen molar-refractivity contribution in [3.8, 4) is 0 Å². The first-order chi connectivity index (χ1) is 16.0. The lowest BCUT2D eigenvalue weighted by Crippen LogP contribution is -2.46. The van der Waals surface area contributed by atoms with Gasteiger partial charge in [0.2, 0.25) is 5.91 Å². The smallest absolute Gasteiger partial charge is 0.251 e. The van der Waals surface area contributed by atoms with Gasteiger partial charge in [-0.1, -0.05) is 19.1 Å². The van der Waals surface area contributed by atoms with Gasteiger partial charge in [0.05, 0.1) is 0 Å². The fourth-order valence-electron chi connectivity index (χ4n) is 4.45. The summed E-state index contributed by atoms with van der Waals surface area (Å²) in [4.78, 5) is 29.4. The predicted octanol–water partition coefficient (Wildman–Crippen LogP) is 3.92. The number of nitrogens with one attached hydrogen (secondary N) is 2. The second-order valence-electron chi connectivity index (χ2n) is 9.52. The SMILES string of the molecule is Cc1cccc(N2CCN(CCCCNC(=O)c3ccc(NC(=O)C4CC4C)cc3)CC2)c1. The molecule has 0 bridgehead atoms. The third-order valence-corrected chi connectivity index (χ3v) is 6.79. The minimum Gasteiger partial charge on any atom is -0.369 e. The lowest BCUT2D eigenvalue weighted by molar-refractivity contribution is -0.117. The average Bonchev–Trinajstić information content (AvgIpc) is 3.56. The van der Waals surface area contributed by atoms with Crippen LogP contribution in [0.3, 0.4) is 0 Å². The first kappa shape index (κ1) is 23.3. The fourth-order valence-corrected chi connectivity index (χ4v) is 4.45. The number of nitrogens with zero attached hydrogens (tertiary/aromatic N) is 2. The number of carbonyl (C=O) groups excluding carboxylic acids is 2. The van der Waals surface area contributed by atoms with Crippen LogP contribution in [-0.2, 0) is 4.79 Å². The van der Waals surface area contributed by atoms with E-state index in [-0.39, 0.29) is 17.7 Å². The molecule has 1 aliphatic heterocycles. The van der Waals surface area contributed by atoms with Gasteiger partial charge in [0, 0.05) is 55.6 Å². The summed E-state index contributed by atoms with van der Waals surface area (Å²) < 4.78 is 0. The van der Waals surface area contributed by atoms with E-state index in [1.54, 1.807) is 24.3 Å². The maximum atomic E-state index is 12.4. The number of piperazine rings is 1. The minimum atomic E-state index is -0.0598. The van der Waals surface area contributed by atoms with Crippen molar-refractivity contribution in [3.63, 3.8) is 0 Å². The Kier molecular flexibility index (Phi) is 7.65. The molecule has 1 aliphatic carbocycles. The van der Waals surface area contributed by atoms with Crippen LogP contribution in [0.1, 0.15) is 42.1 Å². The van der Waals surface area contributed by atoms with Crippen molar-refractivity contribution in [2.24, 2.45) is 11.8 Å². The molecule has 6 nitrogen and oxygen atoms in total. The van der Waals surface area contributed by atoms with Crippen molar-refractivity contribution >= 4 is 23.2 Å². The molecular formula is C27H36N4O2. The molecule has 2 aliphatic rings. The van der Waals surface area contributed by atoms with Crippen LogP contribution in [0.4, 0.5) is 11.4 Å². The number of hydrogen-bond donors (Lipinski definition) is 2. The molecule has 176 valence electrons. The maximum Gasteiger partial charge on any atom is 0.251 e. The number of rotatable bonds is 9. The first-order valence-corrected chi connectivity index (χ1v) is 12.2. The summed E-state index contributed by atoms with van der Waals surface area (Å²) in [6, 6.07) is 15.9. The zero-order chi connectivity index (χ0) is 23.2. The molecule has 1 saturated carbocycles. The molecule has 0 aromatic heterocycles. The topological polar surface area (TPSA) is 64.7 Å². The number of anilines is 2. The van der Waals surface area contributed by atoms with Crippen molar-refractivity contribution in [1.29, 1.82) is 0 Å². The van der Waals surface area contributed by atoms with E-state index >= 15 is 0 Å². The van der Waals surface area contributed by atoms with Gasteiger partial charge in [0.15, 0.2) is 0 Å². The van der Waals surface area contributed by atoms with E-state index in [1.165, 1.54) is 11.3 Å². The molecule has 1 heterocycles. The molecule has 4 rings (SSSR count). The summed E-state index contributed by atoms with van der Waals surface area (Å²) in [6.07, 6.45) is 3.02. The monoisotopic (exact) mass is 448 g/mol. The van der Waals surface area contributed by atoms with E-state index < -0.39 is 0 Å². The van der Waals surface area contributed by atoms with E-state index in [0.29, 0.717) is 18.0 Å². The summed E-state index contributed by atoms with van der Waals surface area (Å²) in [7, 11) is 0. The third kappa shape index (κ3) is 6.57. The van der Waals surface area contributed by atoms with Crippen LogP contribution in [0, 0.1) is 18.8 Å². The number of unbranched alkanes of at least 4 members (excludes halogenated alkanes) is 1. The molecule has 2 aromatic carbocycles. The summed E-state index contributed by atoms with van der Waals surface area (Å²) in [5.41, 5.74) is 4.01. The largest absolute Gasteiger partial charge is 0.369 e. The predicted molar refractivity (Wildman–Crippen MR) is 134 cm³/mol. The van der Waals surface area contributed by atoms with Gasteiger partial charge in [0.1, 0.15) is 0 Å². The molecule has 2 fully saturated rings. The Morgan fingerprint density at radius 3 is 2.39 bits per heavy atom.